The Kier molecular flexibility index (Phi) is 6.48. The largest absolute Gasteiger partial charge is 0.496 e. The van der Waals surface area contributed by atoms with Crippen LogP contribution >= 0.6 is 0 Å². The summed E-state index contributed by atoms with van der Waals surface area (Å²) >= 11 is 0. The van der Waals surface area contributed by atoms with E-state index >= 15 is 0 Å². The van der Waals surface area contributed by atoms with Crippen molar-refractivity contribution in [3.05, 3.63) is 29.3 Å². The minimum Gasteiger partial charge on any atom is -0.496 e. The second-order valence-electron chi connectivity index (χ2n) is 4.97. The van der Waals surface area contributed by atoms with E-state index in [-0.39, 0.29) is 11.9 Å². The Balaban J connectivity index is 2.66. The Morgan fingerprint density at radius 3 is 2.65 bits per heavy atom. The lowest BCUT2D eigenvalue weighted by Gasteiger charge is -2.20. The molecular formula is C15H24N2O3. The maximum atomic E-state index is 11.4. The lowest BCUT2D eigenvalue weighted by molar-refractivity contribution is -0.145. The van der Waals surface area contributed by atoms with Crippen molar-refractivity contribution in [3.63, 3.8) is 0 Å². The molecule has 0 amide bonds. The Bertz CT molecular complexity index is 449. The van der Waals surface area contributed by atoms with Gasteiger partial charge in [-0.15, -0.1) is 0 Å². The van der Waals surface area contributed by atoms with Crippen LogP contribution in [0.5, 0.6) is 5.75 Å². The van der Waals surface area contributed by atoms with Gasteiger partial charge >= 0.3 is 5.97 Å². The molecule has 0 aliphatic heterocycles. The summed E-state index contributed by atoms with van der Waals surface area (Å²) in [5.41, 5.74) is 7.84. The number of hydrogen-bond acceptors (Lipinski definition) is 5. The normalized spacial score (nSPS) is 12.3. The van der Waals surface area contributed by atoms with Gasteiger partial charge in [0.1, 0.15) is 5.75 Å². The number of carbonyl (C=O) groups is 1. The fraction of sp³-hybridized carbons (Fsp3) is 0.533. The monoisotopic (exact) mass is 280 g/mol. The fourth-order valence-electron chi connectivity index (χ4n) is 2.21. The van der Waals surface area contributed by atoms with Gasteiger partial charge in [0.2, 0.25) is 0 Å². The van der Waals surface area contributed by atoms with Crippen molar-refractivity contribution < 1.29 is 14.3 Å². The Labute approximate surface area is 120 Å². The number of rotatable bonds is 7. The fourth-order valence-corrected chi connectivity index (χ4v) is 2.21. The number of hydrogen-bond donors (Lipinski definition) is 1. The van der Waals surface area contributed by atoms with E-state index in [0.29, 0.717) is 13.1 Å². The van der Waals surface area contributed by atoms with Crippen molar-refractivity contribution >= 4 is 5.97 Å². The molecule has 1 atom stereocenters. The summed E-state index contributed by atoms with van der Waals surface area (Å²) in [5.74, 6) is 0.480. The Hall–Kier alpha value is -1.59. The van der Waals surface area contributed by atoms with Crippen LogP contribution in [0.2, 0.25) is 0 Å². The van der Waals surface area contributed by atoms with Gasteiger partial charge in [-0.1, -0.05) is 13.0 Å². The minimum absolute atomic E-state index is 0.141. The molecular weight excluding hydrogens is 256 g/mol. The van der Waals surface area contributed by atoms with E-state index in [1.165, 1.54) is 7.11 Å². The van der Waals surface area contributed by atoms with Gasteiger partial charge in [0.05, 0.1) is 20.1 Å². The van der Waals surface area contributed by atoms with Gasteiger partial charge in [0.25, 0.3) is 0 Å². The average Bonchev–Trinajstić information content (AvgIpc) is 2.45. The van der Waals surface area contributed by atoms with Gasteiger partial charge in [0, 0.05) is 25.2 Å². The lowest BCUT2D eigenvalue weighted by atomic mass is 10.1. The van der Waals surface area contributed by atoms with Gasteiger partial charge in [-0.3, -0.25) is 4.79 Å². The second kappa shape index (κ2) is 7.87. The van der Waals surface area contributed by atoms with Gasteiger partial charge in [0.15, 0.2) is 0 Å². The summed E-state index contributed by atoms with van der Waals surface area (Å²) in [6, 6.07) is 5.98. The molecule has 0 heterocycles. The molecule has 20 heavy (non-hydrogen) atoms. The molecule has 0 saturated carbocycles. The summed E-state index contributed by atoms with van der Waals surface area (Å²) < 4.78 is 9.98. The number of methoxy groups -OCH3 is 2. The number of nitrogens with zero attached hydrogens (tertiary/aromatic N) is 1. The highest BCUT2D eigenvalue weighted by molar-refractivity contribution is 5.72. The van der Waals surface area contributed by atoms with Crippen LogP contribution in [0.15, 0.2) is 18.2 Å². The van der Waals surface area contributed by atoms with Crippen molar-refractivity contribution in [2.45, 2.75) is 20.0 Å². The number of carbonyl (C=O) groups excluding carboxylic acids is 1. The summed E-state index contributed by atoms with van der Waals surface area (Å²) in [4.78, 5) is 13.5. The van der Waals surface area contributed by atoms with E-state index in [0.717, 1.165) is 23.4 Å². The van der Waals surface area contributed by atoms with Gasteiger partial charge in [-0.2, -0.15) is 0 Å². The Morgan fingerprint density at radius 2 is 2.10 bits per heavy atom. The SMILES string of the molecule is COC(=O)C(C)CN(C)Cc1ccc(OC)c(CN)c1. The van der Waals surface area contributed by atoms with E-state index < -0.39 is 0 Å². The average molecular weight is 280 g/mol. The zero-order valence-corrected chi connectivity index (χ0v) is 12.7. The van der Waals surface area contributed by atoms with Crippen molar-refractivity contribution in [1.29, 1.82) is 0 Å². The third-order valence-electron chi connectivity index (χ3n) is 3.21. The quantitative estimate of drug-likeness (QED) is 0.765. The molecule has 0 radical (unpaired) electrons. The van der Waals surface area contributed by atoms with Crippen LogP contribution in [-0.4, -0.2) is 38.7 Å². The second-order valence-corrected chi connectivity index (χ2v) is 4.97. The molecule has 0 spiro atoms. The molecule has 0 saturated heterocycles. The van der Waals surface area contributed by atoms with E-state index in [2.05, 4.69) is 4.90 Å². The zero-order chi connectivity index (χ0) is 15.1. The first-order valence-electron chi connectivity index (χ1n) is 6.64. The number of ether oxygens (including phenoxy) is 2. The van der Waals surface area contributed by atoms with Gasteiger partial charge in [-0.25, -0.2) is 0 Å². The molecule has 1 aromatic rings. The molecule has 0 aromatic heterocycles. The van der Waals surface area contributed by atoms with Crippen LogP contribution < -0.4 is 10.5 Å². The molecule has 5 heteroatoms. The van der Waals surface area contributed by atoms with Crippen molar-refractivity contribution in [3.8, 4) is 5.75 Å². The van der Waals surface area contributed by atoms with E-state index in [1.54, 1.807) is 7.11 Å². The predicted molar refractivity (Wildman–Crippen MR) is 78.4 cm³/mol. The molecule has 0 fully saturated rings. The summed E-state index contributed by atoms with van der Waals surface area (Å²) in [7, 11) is 5.03. The smallest absolute Gasteiger partial charge is 0.309 e. The van der Waals surface area contributed by atoms with Crippen LogP contribution in [0, 0.1) is 5.92 Å². The molecule has 0 bridgehead atoms. The van der Waals surface area contributed by atoms with Crippen molar-refractivity contribution in [2.75, 3.05) is 27.8 Å². The topological polar surface area (TPSA) is 64.8 Å². The number of benzene rings is 1. The first kappa shape index (κ1) is 16.5. The molecule has 112 valence electrons. The summed E-state index contributed by atoms with van der Waals surface area (Å²) in [6.07, 6.45) is 0. The molecule has 1 aromatic carbocycles. The maximum absolute atomic E-state index is 11.4. The van der Waals surface area contributed by atoms with Crippen LogP contribution in [0.25, 0.3) is 0 Å². The first-order chi connectivity index (χ1) is 9.51. The molecule has 1 unspecified atom stereocenters. The zero-order valence-electron chi connectivity index (χ0n) is 12.7. The lowest BCUT2D eigenvalue weighted by Crippen LogP contribution is -2.29. The van der Waals surface area contributed by atoms with E-state index in [1.807, 2.05) is 32.2 Å². The standard InChI is InChI=1S/C15H24N2O3/c1-11(15(18)20-4)9-17(2)10-12-5-6-14(19-3)13(7-12)8-16/h5-7,11H,8-10,16H2,1-4H3. The Morgan fingerprint density at radius 1 is 1.40 bits per heavy atom. The highest BCUT2D eigenvalue weighted by Crippen LogP contribution is 2.20. The molecule has 0 aliphatic rings. The summed E-state index contributed by atoms with van der Waals surface area (Å²) in [6.45, 7) is 3.70. The van der Waals surface area contributed by atoms with E-state index in [9.17, 15) is 4.79 Å². The number of esters is 1. The third kappa shape index (κ3) is 4.51. The van der Waals surface area contributed by atoms with Crippen LogP contribution in [0.3, 0.4) is 0 Å². The van der Waals surface area contributed by atoms with Gasteiger partial charge < -0.3 is 20.1 Å². The highest BCUT2D eigenvalue weighted by atomic mass is 16.5. The predicted octanol–water partition coefficient (Wildman–Crippen LogP) is 1.39. The van der Waals surface area contributed by atoms with Crippen LogP contribution in [0.1, 0.15) is 18.1 Å². The third-order valence-corrected chi connectivity index (χ3v) is 3.21. The molecule has 2 N–H and O–H groups in total. The van der Waals surface area contributed by atoms with Crippen molar-refractivity contribution in [1.82, 2.24) is 4.90 Å². The molecule has 0 aliphatic carbocycles. The highest BCUT2D eigenvalue weighted by Gasteiger charge is 2.15. The van der Waals surface area contributed by atoms with Crippen LogP contribution in [-0.2, 0) is 22.6 Å². The minimum atomic E-state index is -0.186. The summed E-state index contributed by atoms with van der Waals surface area (Å²) in [5, 5.41) is 0. The number of nitrogens with two attached hydrogens (primary N) is 1. The maximum Gasteiger partial charge on any atom is 0.309 e. The van der Waals surface area contributed by atoms with Crippen LogP contribution in [0.4, 0.5) is 0 Å². The molecule has 1 rings (SSSR count). The molecule has 5 nitrogen and oxygen atoms in total. The van der Waals surface area contributed by atoms with E-state index in [4.69, 9.17) is 15.2 Å². The van der Waals surface area contributed by atoms with Gasteiger partial charge in [-0.05, 0) is 24.7 Å². The van der Waals surface area contributed by atoms with Crippen molar-refractivity contribution in [2.24, 2.45) is 11.7 Å². The first-order valence-corrected chi connectivity index (χ1v) is 6.64.